The lowest BCUT2D eigenvalue weighted by molar-refractivity contribution is -0.118. The average molecular weight is 448 g/mol. The van der Waals surface area contributed by atoms with Gasteiger partial charge in [0.2, 0.25) is 5.95 Å². The molecule has 0 atom stereocenters. The van der Waals surface area contributed by atoms with Crippen LogP contribution in [0.1, 0.15) is 22.4 Å². The molecule has 5 rings (SSSR count). The van der Waals surface area contributed by atoms with E-state index in [1.165, 1.54) is 16.0 Å². The third-order valence-electron chi connectivity index (χ3n) is 6.37. The molecule has 1 aliphatic heterocycles. The third-order valence-corrected chi connectivity index (χ3v) is 7.35. The van der Waals surface area contributed by atoms with Gasteiger partial charge in [-0.25, -0.2) is 9.97 Å². The van der Waals surface area contributed by atoms with Gasteiger partial charge in [0.1, 0.15) is 5.78 Å². The fraction of sp³-hybridized carbons (Fsp3) is 0.400. The highest BCUT2D eigenvalue weighted by atomic mass is 32.1. The lowest BCUT2D eigenvalue weighted by Gasteiger charge is -2.32. The Morgan fingerprint density at radius 3 is 2.91 bits per heavy atom. The van der Waals surface area contributed by atoms with Crippen molar-refractivity contribution in [2.75, 3.05) is 45.1 Å². The first kappa shape index (κ1) is 21.2. The summed E-state index contributed by atoms with van der Waals surface area (Å²) < 4.78 is 0. The first-order valence-corrected chi connectivity index (χ1v) is 12.2. The molecule has 0 radical (unpaired) electrons. The van der Waals surface area contributed by atoms with E-state index in [4.69, 9.17) is 4.98 Å². The van der Waals surface area contributed by atoms with Gasteiger partial charge in [0.05, 0.1) is 5.69 Å². The van der Waals surface area contributed by atoms with Crippen molar-refractivity contribution in [1.82, 2.24) is 19.8 Å². The van der Waals surface area contributed by atoms with E-state index >= 15 is 0 Å². The number of piperazine rings is 1. The Morgan fingerprint density at radius 2 is 2.03 bits per heavy atom. The largest absolute Gasteiger partial charge is 0.324 e. The Hall–Kier alpha value is -2.61. The maximum Gasteiger partial charge on any atom is 0.227 e. The molecule has 0 spiro atoms. The molecule has 1 saturated heterocycles. The van der Waals surface area contributed by atoms with Crippen molar-refractivity contribution < 1.29 is 4.79 Å². The van der Waals surface area contributed by atoms with E-state index in [1.54, 1.807) is 11.3 Å². The molecule has 1 N–H and O–H groups in total. The van der Waals surface area contributed by atoms with E-state index in [1.807, 2.05) is 30.5 Å². The Labute approximate surface area is 193 Å². The molecule has 2 aromatic heterocycles. The van der Waals surface area contributed by atoms with Gasteiger partial charge in [0.15, 0.2) is 0 Å². The van der Waals surface area contributed by atoms with Crippen molar-refractivity contribution in [3.8, 4) is 11.3 Å². The second-order valence-corrected chi connectivity index (χ2v) is 9.76. The lowest BCUT2D eigenvalue weighted by Crippen LogP contribution is -2.45. The molecule has 1 aliphatic carbocycles. The summed E-state index contributed by atoms with van der Waals surface area (Å²) in [5.41, 5.74) is 5.43. The van der Waals surface area contributed by atoms with Gasteiger partial charge in [-0.2, -0.15) is 0 Å². The average Bonchev–Trinajstić information content (AvgIpc) is 3.28. The summed E-state index contributed by atoms with van der Waals surface area (Å²) in [4.78, 5) is 28.0. The number of thiophene rings is 1. The van der Waals surface area contributed by atoms with Crippen molar-refractivity contribution in [2.45, 2.75) is 25.7 Å². The maximum atomic E-state index is 12.6. The van der Waals surface area contributed by atoms with E-state index in [-0.39, 0.29) is 5.78 Å². The number of nitrogens with zero attached hydrogens (tertiary/aromatic N) is 4. The molecule has 32 heavy (non-hydrogen) atoms. The second kappa shape index (κ2) is 9.48. The van der Waals surface area contributed by atoms with E-state index in [9.17, 15) is 4.79 Å². The highest BCUT2D eigenvalue weighted by molar-refractivity contribution is 7.10. The van der Waals surface area contributed by atoms with Crippen LogP contribution in [0.25, 0.3) is 11.3 Å². The number of carbonyl (C=O) groups excluding carboxylic acids is 1. The van der Waals surface area contributed by atoms with Crippen molar-refractivity contribution in [2.24, 2.45) is 0 Å². The number of nitrogens with one attached hydrogen (secondary N) is 1. The van der Waals surface area contributed by atoms with Crippen molar-refractivity contribution >= 4 is 28.8 Å². The number of likely N-dealkylation sites (N-methyl/N-ethyl adjacent to an activating group) is 1. The summed E-state index contributed by atoms with van der Waals surface area (Å²) in [5, 5.41) is 5.47. The number of fused-ring (bicyclic) bond motifs is 3. The fourth-order valence-electron chi connectivity index (χ4n) is 4.44. The van der Waals surface area contributed by atoms with Crippen LogP contribution in [0.3, 0.4) is 0 Å². The first-order valence-electron chi connectivity index (χ1n) is 11.4. The Balaban J connectivity index is 1.20. The highest BCUT2D eigenvalue weighted by Gasteiger charge is 2.19. The molecule has 3 aromatic rings. The molecular weight excluding hydrogens is 418 g/mol. The van der Waals surface area contributed by atoms with Crippen LogP contribution in [-0.4, -0.2) is 65.3 Å². The molecule has 1 aromatic carbocycles. The Kier molecular flexibility index (Phi) is 6.30. The number of aromatic nitrogens is 2. The van der Waals surface area contributed by atoms with Crippen LogP contribution < -0.4 is 5.32 Å². The van der Waals surface area contributed by atoms with Gasteiger partial charge < -0.3 is 15.1 Å². The van der Waals surface area contributed by atoms with Gasteiger partial charge in [0.25, 0.3) is 0 Å². The molecule has 0 bridgehead atoms. The zero-order chi connectivity index (χ0) is 21.9. The predicted octanol–water partition coefficient (Wildman–Crippen LogP) is 3.80. The number of benzene rings is 1. The van der Waals surface area contributed by atoms with Gasteiger partial charge >= 0.3 is 0 Å². The minimum Gasteiger partial charge on any atom is -0.324 e. The zero-order valence-electron chi connectivity index (χ0n) is 18.5. The van der Waals surface area contributed by atoms with Crippen LogP contribution in [0.4, 0.5) is 11.6 Å². The monoisotopic (exact) mass is 447 g/mol. The van der Waals surface area contributed by atoms with Crippen LogP contribution in [0.2, 0.25) is 0 Å². The number of Topliss-reactive ketones (excluding diaryl/α,β-unsaturated/α-hetero) is 1. The number of ketones is 1. The molecule has 0 saturated carbocycles. The lowest BCUT2D eigenvalue weighted by atomic mass is 9.96. The van der Waals surface area contributed by atoms with Gasteiger partial charge in [-0.1, -0.05) is 12.1 Å². The number of hydrogen-bond donors (Lipinski definition) is 1. The summed E-state index contributed by atoms with van der Waals surface area (Å²) in [7, 11) is 2.15. The van der Waals surface area contributed by atoms with Crippen molar-refractivity contribution in [1.29, 1.82) is 0 Å². The Bertz CT molecular complexity index is 1100. The van der Waals surface area contributed by atoms with Gasteiger partial charge in [0, 0.05) is 67.9 Å². The molecule has 0 amide bonds. The molecular formula is C25H29N5OS. The highest BCUT2D eigenvalue weighted by Crippen LogP contribution is 2.35. The SMILES string of the molecule is CN1CCN(CCC(=O)Cc2cccc(Nc3ncc4c(n3)-c3ccsc3CC4)c2)CC1. The molecule has 2 aliphatic rings. The third kappa shape index (κ3) is 4.90. The molecule has 166 valence electrons. The van der Waals surface area contributed by atoms with Crippen molar-refractivity contribution in [3.63, 3.8) is 0 Å². The zero-order valence-corrected chi connectivity index (χ0v) is 19.3. The van der Waals surface area contributed by atoms with E-state index < -0.39 is 0 Å². The van der Waals surface area contributed by atoms with Crippen molar-refractivity contribution in [3.05, 3.63) is 57.9 Å². The maximum absolute atomic E-state index is 12.6. The number of anilines is 2. The second-order valence-electron chi connectivity index (χ2n) is 8.76. The minimum absolute atomic E-state index is 0.288. The van der Waals surface area contributed by atoms with E-state index in [0.29, 0.717) is 18.8 Å². The van der Waals surface area contributed by atoms with Gasteiger partial charge in [-0.15, -0.1) is 11.3 Å². The number of carbonyl (C=O) groups is 1. The first-order chi connectivity index (χ1) is 15.6. The number of rotatable bonds is 7. The van der Waals surface area contributed by atoms with E-state index in [0.717, 1.165) is 62.5 Å². The van der Waals surface area contributed by atoms with Gasteiger partial charge in [-0.3, -0.25) is 4.79 Å². The normalized spacial score (nSPS) is 16.4. The summed E-state index contributed by atoms with van der Waals surface area (Å²) in [6.07, 6.45) is 5.08. The van der Waals surface area contributed by atoms with Crippen LogP contribution in [0, 0.1) is 0 Å². The molecule has 0 unspecified atom stereocenters. The molecule has 3 heterocycles. The van der Waals surface area contributed by atoms with Crippen LogP contribution in [-0.2, 0) is 24.1 Å². The summed E-state index contributed by atoms with van der Waals surface area (Å²) in [6.45, 7) is 5.13. The number of aryl methyl sites for hydroxylation is 2. The van der Waals surface area contributed by atoms with Crippen LogP contribution in [0.5, 0.6) is 0 Å². The van der Waals surface area contributed by atoms with Crippen LogP contribution >= 0.6 is 11.3 Å². The summed E-state index contributed by atoms with van der Waals surface area (Å²) in [6, 6.07) is 10.2. The van der Waals surface area contributed by atoms with E-state index in [2.05, 4.69) is 38.6 Å². The summed E-state index contributed by atoms with van der Waals surface area (Å²) >= 11 is 1.80. The molecule has 1 fully saturated rings. The predicted molar refractivity (Wildman–Crippen MR) is 130 cm³/mol. The van der Waals surface area contributed by atoms with Crippen LogP contribution in [0.15, 0.2) is 41.9 Å². The van der Waals surface area contributed by atoms with Gasteiger partial charge in [-0.05, 0) is 54.6 Å². The topological polar surface area (TPSA) is 61.4 Å². The molecule has 6 nitrogen and oxygen atoms in total. The molecule has 7 heteroatoms. The Morgan fingerprint density at radius 1 is 1.16 bits per heavy atom. The fourth-order valence-corrected chi connectivity index (χ4v) is 5.32. The minimum atomic E-state index is 0.288. The smallest absolute Gasteiger partial charge is 0.227 e. The quantitative estimate of drug-likeness (QED) is 0.595. The number of hydrogen-bond acceptors (Lipinski definition) is 7. The standard InChI is InChI=1S/C25H29N5OS/c1-29-10-12-30(13-11-29)9-7-21(31)16-18-3-2-4-20(15-18)27-25-26-17-19-5-6-23-22(8-14-32-23)24(19)28-25/h2-4,8,14-15,17H,5-7,9-13,16H2,1H3,(H,26,27,28). The summed E-state index contributed by atoms with van der Waals surface area (Å²) in [5.74, 6) is 0.887.